The van der Waals surface area contributed by atoms with Gasteiger partial charge in [0.15, 0.2) is 0 Å². The van der Waals surface area contributed by atoms with Crippen LogP contribution < -0.4 is 11.1 Å². The minimum atomic E-state index is -0.125. The van der Waals surface area contributed by atoms with Gasteiger partial charge in [-0.2, -0.15) is 5.10 Å². The standard InChI is InChI=1S/C15H22N4OS/c1-7(2)8(3)6-17-14(20)13-12(16)11-9(4)10(5)18-19-15(11)21-13/h7-8H,6,16H2,1-5H3,(H,17,20). The first-order chi connectivity index (χ1) is 9.82. The van der Waals surface area contributed by atoms with Gasteiger partial charge < -0.3 is 11.1 Å². The number of nitrogens with one attached hydrogen (secondary N) is 1. The molecule has 0 saturated heterocycles. The van der Waals surface area contributed by atoms with Gasteiger partial charge in [0.1, 0.15) is 9.71 Å². The molecule has 0 bridgehead atoms. The number of thiophene rings is 1. The molecule has 1 unspecified atom stereocenters. The summed E-state index contributed by atoms with van der Waals surface area (Å²) < 4.78 is 0. The van der Waals surface area contributed by atoms with Crippen molar-refractivity contribution in [2.24, 2.45) is 11.8 Å². The zero-order valence-electron chi connectivity index (χ0n) is 13.2. The Morgan fingerprint density at radius 1 is 1.29 bits per heavy atom. The van der Waals surface area contributed by atoms with E-state index in [1.807, 2.05) is 13.8 Å². The normalized spacial score (nSPS) is 12.9. The Labute approximate surface area is 128 Å². The average molecular weight is 306 g/mol. The van der Waals surface area contributed by atoms with Gasteiger partial charge in [-0.3, -0.25) is 4.79 Å². The van der Waals surface area contributed by atoms with Crippen LogP contribution in [0.25, 0.3) is 10.2 Å². The second kappa shape index (κ2) is 5.97. The van der Waals surface area contributed by atoms with E-state index in [0.29, 0.717) is 28.9 Å². The number of nitrogens with two attached hydrogens (primary N) is 1. The van der Waals surface area contributed by atoms with Crippen LogP contribution in [-0.4, -0.2) is 22.6 Å². The van der Waals surface area contributed by atoms with E-state index in [2.05, 4.69) is 36.3 Å². The lowest BCUT2D eigenvalue weighted by molar-refractivity contribution is 0.0950. The van der Waals surface area contributed by atoms with E-state index in [4.69, 9.17) is 5.73 Å². The van der Waals surface area contributed by atoms with Gasteiger partial charge in [0.05, 0.1) is 11.4 Å². The lowest BCUT2D eigenvalue weighted by Crippen LogP contribution is -2.30. The van der Waals surface area contributed by atoms with Gasteiger partial charge in [-0.25, -0.2) is 0 Å². The van der Waals surface area contributed by atoms with Crippen LogP contribution in [0.3, 0.4) is 0 Å². The molecule has 0 aliphatic heterocycles. The number of rotatable bonds is 4. The first kappa shape index (κ1) is 15.7. The molecule has 114 valence electrons. The van der Waals surface area contributed by atoms with Crippen molar-refractivity contribution in [1.82, 2.24) is 15.5 Å². The number of hydrogen-bond acceptors (Lipinski definition) is 5. The van der Waals surface area contributed by atoms with E-state index in [0.717, 1.165) is 21.5 Å². The SMILES string of the molecule is Cc1nnc2sc(C(=O)NCC(C)C(C)C)c(N)c2c1C. The first-order valence-electron chi connectivity index (χ1n) is 7.13. The zero-order chi connectivity index (χ0) is 15.7. The van der Waals surface area contributed by atoms with Crippen LogP contribution >= 0.6 is 11.3 Å². The summed E-state index contributed by atoms with van der Waals surface area (Å²) in [5.41, 5.74) is 8.50. The van der Waals surface area contributed by atoms with Crippen LogP contribution in [-0.2, 0) is 0 Å². The topological polar surface area (TPSA) is 80.9 Å². The number of aromatic nitrogens is 2. The lowest BCUT2D eigenvalue weighted by Gasteiger charge is -2.15. The van der Waals surface area contributed by atoms with E-state index < -0.39 is 0 Å². The Bertz CT molecular complexity index is 678. The molecule has 6 heteroatoms. The quantitative estimate of drug-likeness (QED) is 0.910. The molecule has 2 heterocycles. The Hall–Kier alpha value is -1.69. The average Bonchev–Trinajstić information content (AvgIpc) is 2.77. The summed E-state index contributed by atoms with van der Waals surface area (Å²) in [5, 5.41) is 12.0. The number of amides is 1. The number of carbonyl (C=O) groups is 1. The smallest absolute Gasteiger partial charge is 0.263 e. The minimum Gasteiger partial charge on any atom is -0.397 e. The highest BCUT2D eigenvalue weighted by molar-refractivity contribution is 7.21. The van der Waals surface area contributed by atoms with Gasteiger partial charge in [-0.05, 0) is 31.2 Å². The summed E-state index contributed by atoms with van der Waals surface area (Å²) in [5.74, 6) is 0.828. The summed E-state index contributed by atoms with van der Waals surface area (Å²) in [4.78, 5) is 13.6. The van der Waals surface area contributed by atoms with Gasteiger partial charge in [0.25, 0.3) is 5.91 Å². The van der Waals surface area contributed by atoms with Gasteiger partial charge in [-0.15, -0.1) is 16.4 Å². The number of nitrogen functional groups attached to an aromatic ring is 1. The summed E-state index contributed by atoms with van der Waals surface area (Å²) in [6, 6.07) is 0. The lowest BCUT2D eigenvalue weighted by atomic mass is 9.98. The van der Waals surface area contributed by atoms with Crippen LogP contribution in [0.15, 0.2) is 0 Å². The summed E-state index contributed by atoms with van der Waals surface area (Å²) >= 11 is 1.30. The number of fused-ring (bicyclic) bond motifs is 1. The third-order valence-electron chi connectivity index (χ3n) is 4.06. The first-order valence-corrected chi connectivity index (χ1v) is 7.94. The number of carbonyl (C=O) groups excluding carboxylic acids is 1. The van der Waals surface area contributed by atoms with Crippen molar-refractivity contribution in [3.05, 3.63) is 16.1 Å². The molecule has 0 aromatic carbocycles. The molecule has 0 saturated carbocycles. The van der Waals surface area contributed by atoms with Crippen molar-refractivity contribution in [1.29, 1.82) is 0 Å². The van der Waals surface area contributed by atoms with Crippen LogP contribution in [0.1, 0.15) is 41.7 Å². The van der Waals surface area contributed by atoms with E-state index in [1.54, 1.807) is 0 Å². The molecule has 2 rings (SSSR count). The molecule has 3 N–H and O–H groups in total. The summed E-state index contributed by atoms with van der Waals surface area (Å²) in [6.45, 7) is 10.9. The molecule has 0 aliphatic carbocycles. The van der Waals surface area contributed by atoms with E-state index in [-0.39, 0.29) is 5.91 Å². The molecular weight excluding hydrogens is 284 g/mol. The number of anilines is 1. The molecule has 2 aromatic rings. The molecule has 0 spiro atoms. The second-order valence-corrected chi connectivity index (χ2v) is 6.87. The molecule has 2 aromatic heterocycles. The summed E-state index contributed by atoms with van der Waals surface area (Å²) in [6.07, 6.45) is 0. The fourth-order valence-electron chi connectivity index (χ4n) is 1.98. The molecule has 0 radical (unpaired) electrons. The predicted molar refractivity (Wildman–Crippen MR) is 87.6 cm³/mol. The molecule has 0 fully saturated rings. The molecule has 5 nitrogen and oxygen atoms in total. The third-order valence-corrected chi connectivity index (χ3v) is 5.15. The zero-order valence-corrected chi connectivity index (χ0v) is 14.0. The van der Waals surface area contributed by atoms with Crippen molar-refractivity contribution >= 4 is 33.1 Å². The highest BCUT2D eigenvalue weighted by Gasteiger charge is 2.20. The van der Waals surface area contributed by atoms with Gasteiger partial charge in [0, 0.05) is 11.9 Å². The summed E-state index contributed by atoms with van der Waals surface area (Å²) in [7, 11) is 0. The Kier molecular flexibility index (Phi) is 4.46. The van der Waals surface area contributed by atoms with Gasteiger partial charge in [-0.1, -0.05) is 20.8 Å². The monoisotopic (exact) mass is 306 g/mol. The van der Waals surface area contributed by atoms with Crippen molar-refractivity contribution in [3.8, 4) is 0 Å². The molecule has 0 aliphatic rings. The van der Waals surface area contributed by atoms with Crippen molar-refractivity contribution in [2.45, 2.75) is 34.6 Å². The van der Waals surface area contributed by atoms with E-state index in [1.165, 1.54) is 11.3 Å². The maximum atomic E-state index is 12.3. The van der Waals surface area contributed by atoms with E-state index in [9.17, 15) is 4.79 Å². The minimum absolute atomic E-state index is 0.125. The van der Waals surface area contributed by atoms with Crippen molar-refractivity contribution in [3.63, 3.8) is 0 Å². The molecule has 21 heavy (non-hydrogen) atoms. The van der Waals surface area contributed by atoms with Crippen LogP contribution in [0.5, 0.6) is 0 Å². The fourth-order valence-corrected chi connectivity index (χ4v) is 3.00. The van der Waals surface area contributed by atoms with Crippen LogP contribution in [0, 0.1) is 25.7 Å². The molecular formula is C15H22N4OS. The Morgan fingerprint density at radius 2 is 1.95 bits per heavy atom. The van der Waals surface area contributed by atoms with Crippen molar-refractivity contribution < 1.29 is 4.79 Å². The largest absolute Gasteiger partial charge is 0.397 e. The molecule has 1 atom stereocenters. The second-order valence-electron chi connectivity index (χ2n) is 5.87. The van der Waals surface area contributed by atoms with Crippen molar-refractivity contribution in [2.75, 3.05) is 12.3 Å². The number of aryl methyl sites for hydroxylation is 2. The maximum Gasteiger partial charge on any atom is 0.263 e. The van der Waals surface area contributed by atoms with Crippen LogP contribution in [0.4, 0.5) is 5.69 Å². The van der Waals surface area contributed by atoms with Crippen LogP contribution in [0.2, 0.25) is 0 Å². The van der Waals surface area contributed by atoms with Gasteiger partial charge >= 0.3 is 0 Å². The highest BCUT2D eigenvalue weighted by atomic mass is 32.1. The Morgan fingerprint density at radius 3 is 2.57 bits per heavy atom. The predicted octanol–water partition coefficient (Wildman–Crippen LogP) is 2.91. The van der Waals surface area contributed by atoms with Gasteiger partial charge in [0.2, 0.25) is 0 Å². The number of nitrogens with zero attached hydrogens (tertiary/aromatic N) is 2. The fraction of sp³-hybridized carbons (Fsp3) is 0.533. The maximum absolute atomic E-state index is 12.3. The highest BCUT2D eigenvalue weighted by Crippen LogP contribution is 2.34. The Balaban J connectivity index is 2.28. The number of hydrogen-bond donors (Lipinski definition) is 2. The molecule has 1 amide bonds. The van der Waals surface area contributed by atoms with E-state index >= 15 is 0 Å². The third kappa shape index (κ3) is 3.00.